The monoisotopic (exact) mass is 340 g/mol. The first-order valence-electron chi connectivity index (χ1n) is 8.56. The molecule has 0 saturated carbocycles. The van der Waals surface area contributed by atoms with E-state index in [4.69, 9.17) is 4.74 Å². The number of phenols is 1. The fraction of sp³-hybridized carbons (Fsp3) is 0.350. The molecule has 1 saturated heterocycles. The first kappa shape index (κ1) is 17.5. The van der Waals surface area contributed by atoms with Gasteiger partial charge in [0.15, 0.2) is 0 Å². The number of aromatic hydroxyl groups is 1. The minimum Gasteiger partial charge on any atom is -0.507 e. The molecule has 25 heavy (non-hydrogen) atoms. The van der Waals surface area contributed by atoms with Crippen molar-refractivity contribution in [2.45, 2.75) is 13.2 Å². The lowest BCUT2D eigenvalue weighted by atomic mass is 10.1. The molecular formula is C20H24N2O3. The molecule has 0 bridgehead atoms. The van der Waals surface area contributed by atoms with Crippen LogP contribution in [0.5, 0.6) is 5.75 Å². The number of piperazine rings is 1. The number of para-hydroxylation sites is 1. The van der Waals surface area contributed by atoms with Gasteiger partial charge in [-0.1, -0.05) is 42.5 Å². The van der Waals surface area contributed by atoms with Crippen molar-refractivity contribution in [1.29, 1.82) is 0 Å². The van der Waals surface area contributed by atoms with E-state index in [1.54, 1.807) is 12.1 Å². The number of rotatable bonds is 5. The molecule has 1 aliphatic rings. The third-order valence-electron chi connectivity index (χ3n) is 4.54. The highest BCUT2D eigenvalue weighted by molar-refractivity contribution is 5.92. The number of nitrogens with zero attached hydrogens (tertiary/aromatic N) is 2. The second-order valence-corrected chi connectivity index (χ2v) is 6.45. The summed E-state index contributed by atoms with van der Waals surface area (Å²) in [6, 6.07) is 14.8. The van der Waals surface area contributed by atoms with Crippen LogP contribution in [0, 0.1) is 0 Å². The van der Waals surface area contributed by atoms with Crippen LogP contribution in [-0.2, 0) is 17.9 Å². The van der Waals surface area contributed by atoms with Gasteiger partial charge in [0.1, 0.15) is 17.9 Å². The third-order valence-corrected chi connectivity index (χ3v) is 4.54. The highest BCUT2D eigenvalue weighted by atomic mass is 16.5. The molecule has 5 nitrogen and oxygen atoms in total. The minimum atomic E-state index is -0.499. The van der Waals surface area contributed by atoms with E-state index >= 15 is 0 Å². The van der Waals surface area contributed by atoms with Crippen LogP contribution in [0.1, 0.15) is 21.5 Å². The van der Waals surface area contributed by atoms with E-state index in [1.165, 1.54) is 0 Å². The van der Waals surface area contributed by atoms with Crippen LogP contribution in [0.25, 0.3) is 0 Å². The highest BCUT2D eigenvalue weighted by Gasteiger charge is 2.19. The molecule has 3 rings (SSSR count). The van der Waals surface area contributed by atoms with E-state index in [2.05, 4.69) is 16.8 Å². The summed E-state index contributed by atoms with van der Waals surface area (Å²) in [4.78, 5) is 16.9. The molecule has 1 N–H and O–H groups in total. The zero-order chi connectivity index (χ0) is 17.6. The number of benzene rings is 2. The Morgan fingerprint density at radius 1 is 1.04 bits per heavy atom. The fourth-order valence-corrected chi connectivity index (χ4v) is 2.93. The maximum atomic E-state index is 12.3. The van der Waals surface area contributed by atoms with Crippen LogP contribution in [0.3, 0.4) is 0 Å². The summed E-state index contributed by atoms with van der Waals surface area (Å²) in [5.74, 6) is -0.471. The average Bonchev–Trinajstić information content (AvgIpc) is 2.64. The van der Waals surface area contributed by atoms with Crippen LogP contribution in [0.4, 0.5) is 0 Å². The number of phenolic OH excluding ortho intramolecular Hbond substituents is 1. The number of carbonyl (C=O) groups is 1. The summed E-state index contributed by atoms with van der Waals surface area (Å²) < 4.78 is 5.33. The molecule has 1 heterocycles. The summed E-state index contributed by atoms with van der Waals surface area (Å²) in [5, 5.41) is 10.5. The van der Waals surface area contributed by atoms with Crippen LogP contribution in [0.15, 0.2) is 48.5 Å². The van der Waals surface area contributed by atoms with Gasteiger partial charge < -0.3 is 14.7 Å². The predicted molar refractivity (Wildman–Crippen MR) is 96.4 cm³/mol. The predicted octanol–water partition coefficient (Wildman–Crippen LogP) is 2.50. The van der Waals surface area contributed by atoms with Gasteiger partial charge in [0.2, 0.25) is 0 Å². The van der Waals surface area contributed by atoms with Gasteiger partial charge in [0, 0.05) is 38.3 Å². The Morgan fingerprint density at radius 3 is 2.48 bits per heavy atom. The van der Waals surface area contributed by atoms with Crippen LogP contribution in [-0.4, -0.2) is 54.1 Å². The van der Waals surface area contributed by atoms with Gasteiger partial charge in [0.05, 0.1) is 0 Å². The lowest BCUT2D eigenvalue weighted by Gasteiger charge is -2.32. The van der Waals surface area contributed by atoms with Crippen LogP contribution in [0.2, 0.25) is 0 Å². The van der Waals surface area contributed by atoms with Crippen molar-refractivity contribution in [3.63, 3.8) is 0 Å². The summed E-state index contributed by atoms with van der Waals surface area (Å²) in [6.45, 7) is 4.78. The molecule has 0 unspecified atom stereocenters. The van der Waals surface area contributed by atoms with Gasteiger partial charge >= 0.3 is 5.97 Å². The first-order valence-corrected chi connectivity index (χ1v) is 8.56. The fourth-order valence-electron chi connectivity index (χ4n) is 2.93. The summed E-state index contributed by atoms with van der Waals surface area (Å²) in [5.41, 5.74) is 1.91. The second-order valence-electron chi connectivity index (χ2n) is 6.45. The van der Waals surface area contributed by atoms with Crippen molar-refractivity contribution in [3.05, 3.63) is 65.2 Å². The summed E-state index contributed by atoms with van der Waals surface area (Å²) in [6.07, 6.45) is 0. The molecule has 0 aliphatic carbocycles. The number of ether oxygens (including phenoxy) is 1. The van der Waals surface area contributed by atoms with E-state index in [-0.39, 0.29) is 17.9 Å². The van der Waals surface area contributed by atoms with Crippen molar-refractivity contribution >= 4 is 5.97 Å². The summed E-state index contributed by atoms with van der Waals surface area (Å²) in [7, 11) is 2.11. The minimum absolute atomic E-state index is 0.0273. The zero-order valence-corrected chi connectivity index (χ0v) is 14.5. The molecule has 2 aromatic carbocycles. The molecule has 0 spiro atoms. The van der Waals surface area contributed by atoms with Crippen LogP contribution >= 0.6 is 0 Å². The van der Waals surface area contributed by atoms with Crippen molar-refractivity contribution in [1.82, 2.24) is 9.80 Å². The highest BCUT2D eigenvalue weighted by Crippen LogP contribution is 2.25. The number of likely N-dealkylation sites (N-methyl/N-ethyl adjacent to an activating group) is 1. The standard InChI is InChI=1S/C20H24N2O3/c1-21-10-12-22(13-11-21)14-17-8-5-9-18(19(17)23)20(24)25-15-16-6-3-2-4-7-16/h2-9,23H,10-15H2,1H3. The quantitative estimate of drug-likeness (QED) is 0.848. The molecule has 1 aliphatic heterocycles. The van der Waals surface area contributed by atoms with E-state index < -0.39 is 5.97 Å². The maximum Gasteiger partial charge on any atom is 0.342 e. The number of esters is 1. The Hall–Kier alpha value is -2.37. The Labute approximate surface area is 148 Å². The molecule has 0 amide bonds. The molecule has 1 fully saturated rings. The average molecular weight is 340 g/mol. The Bertz CT molecular complexity index is 710. The van der Waals surface area contributed by atoms with Crippen LogP contribution < -0.4 is 0 Å². The van der Waals surface area contributed by atoms with Crippen molar-refractivity contribution in [2.75, 3.05) is 33.2 Å². The van der Waals surface area contributed by atoms with Crippen molar-refractivity contribution < 1.29 is 14.6 Å². The van der Waals surface area contributed by atoms with Crippen molar-refractivity contribution in [3.8, 4) is 5.75 Å². The zero-order valence-electron chi connectivity index (χ0n) is 14.5. The van der Waals surface area contributed by atoms with E-state index in [0.29, 0.717) is 6.54 Å². The van der Waals surface area contributed by atoms with Gasteiger partial charge in [-0.25, -0.2) is 4.79 Å². The largest absolute Gasteiger partial charge is 0.507 e. The number of carbonyl (C=O) groups excluding carboxylic acids is 1. The van der Waals surface area contributed by atoms with Gasteiger partial charge in [-0.15, -0.1) is 0 Å². The normalized spacial score (nSPS) is 15.9. The number of hydrogen-bond acceptors (Lipinski definition) is 5. The Morgan fingerprint density at radius 2 is 1.76 bits per heavy atom. The molecular weight excluding hydrogens is 316 g/mol. The number of hydrogen-bond donors (Lipinski definition) is 1. The Kier molecular flexibility index (Phi) is 5.68. The smallest absolute Gasteiger partial charge is 0.342 e. The molecule has 0 aromatic heterocycles. The van der Waals surface area contributed by atoms with Gasteiger partial charge in [-0.2, -0.15) is 0 Å². The maximum absolute atomic E-state index is 12.3. The Balaban J connectivity index is 1.64. The molecule has 2 aromatic rings. The van der Waals surface area contributed by atoms with E-state index in [0.717, 1.165) is 37.3 Å². The van der Waals surface area contributed by atoms with Crippen molar-refractivity contribution in [2.24, 2.45) is 0 Å². The van der Waals surface area contributed by atoms with E-state index in [1.807, 2.05) is 36.4 Å². The van der Waals surface area contributed by atoms with Gasteiger partial charge in [-0.05, 0) is 18.7 Å². The molecule has 5 heteroatoms. The summed E-state index contributed by atoms with van der Waals surface area (Å²) >= 11 is 0. The van der Waals surface area contributed by atoms with Gasteiger partial charge in [0.25, 0.3) is 0 Å². The van der Waals surface area contributed by atoms with Gasteiger partial charge in [-0.3, -0.25) is 4.90 Å². The third kappa shape index (κ3) is 4.59. The van der Waals surface area contributed by atoms with E-state index in [9.17, 15) is 9.90 Å². The lowest BCUT2D eigenvalue weighted by molar-refractivity contribution is 0.0469. The molecule has 132 valence electrons. The molecule has 0 atom stereocenters. The first-order chi connectivity index (χ1) is 12.1. The lowest BCUT2D eigenvalue weighted by Crippen LogP contribution is -2.43. The second kappa shape index (κ2) is 8.14. The molecule has 0 radical (unpaired) electrons. The topological polar surface area (TPSA) is 53.0 Å². The SMILES string of the molecule is CN1CCN(Cc2cccc(C(=O)OCc3ccccc3)c2O)CC1.